The van der Waals surface area contributed by atoms with E-state index in [9.17, 15) is 19.5 Å². The van der Waals surface area contributed by atoms with E-state index in [0.29, 0.717) is 19.4 Å². The van der Waals surface area contributed by atoms with Crippen molar-refractivity contribution in [2.24, 2.45) is 0 Å². The molecule has 0 bridgehead atoms. The SMILES string of the molecule is CC(C)(C)OC(=O)N[C@H](Cc1c[nH]c2ccccc12)C(=O)N1CCC[C@H]1C(=O)O. The number of alkyl carbamates (subject to hydrolysis) is 1. The molecule has 1 aliphatic heterocycles. The highest BCUT2D eigenvalue weighted by Gasteiger charge is 2.38. The number of nitrogens with zero attached hydrogens (tertiary/aromatic N) is 1. The van der Waals surface area contributed by atoms with Gasteiger partial charge >= 0.3 is 12.1 Å². The van der Waals surface area contributed by atoms with Crippen LogP contribution in [0.2, 0.25) is 0 Å². The number of para-hydroxylation sites is 1. The monoisotopic (exact) mass is 401 g/mol. The minimum atomic E-state index is -1.03. The fourth-order valence-electron chi connectivity index (χ4n) is 3.66. The summed E-state index contributed by atoms with van der Waals surface area (Å²) in [6.45, 7) is 5.58. The summed E-state index contributed by atoms with van der Waals surface area (Å²) < 4.78 is 5.32. The van der Waals surface area contributed by atoms with Gasteiger partial charge in [-0.3, -0.25) is 4.79 Å². The molecule has 8 nitrogen and oxygen atoms in total. The number of hydrogen-bond acceptors (Lipinski definition) is 4. The van der Waals surface area contributed by atoms with E-state index in [-0.39, 0.29) is 6.42 Å². The quantitative estimate of drug-likeness (QED) is 0.713. The van der Waals surface area contributed by atoms with Crippen molar-refractivity contribution in [2.45, 2.75) is 57.7 Å². The number of H-pyrrole nitrogens is 1. The zero-order chi connectivity index (χ0) is 21.2. The molecule has 3 N–H and O–H groups in total. The van der Waals surface area contributed by atoms with Crippen molar-refractivity contribution in [1.82, 2.24) is 15.2 Å². The molecule has 1 saturated heterocycles. The number of benzene rings is 1. The number of rotatable bonds is 5. The number of carboxylic acid groups (broad SMARTS) is 1. The molecule has 1 aliphatic rings. The summed E-state index contributed by atoms with van der Waals surface area (Å²) in [5.74, 6) is -1.44. The van der Waals surface area contributed by atoms with Crippen LogP contribution in [0.4, 0.5) is 4.79 Å². The molecule has 8 heteroatoms. The number of carbonyl (C=O) groups excluding carboxylic acids is 2. The lowest BCUT2D eigenvalue weighted by Crippen LogP contribution is -2.53. The molecule has 1 aromatic carbocycles. The second kappa shape index (κ2) is 8.14. The zero-order valence-corrected chi connectivity index (χ0v) is 16.9. The van der Waals surface area contributed by atoms with Gasteiger partial charge < -0.3 is 25.0 Å². The third-order valence-electron chi connectivity index (χ3n) is 4.91. The molecule has 3 rings (SSSR count). The van der Waals surface area contributed by atoms with Crippen molar-refractivity contribution in [3.63, 3.8) is 0 Å². The Bertz CT molecular complexity index is 914. The van der Waals surface area contributed by atoms with Gasteiger partial charge in [0.05, 0.1) is 0 Å². The second-order valence-corrected chi connectivity index (χ2v) is 8.29. The number of carboxylic acids is 1. The lowest BCUT2D eigenvalue weighted by molar-refractivity contribution is -0.149. The van der Waals surface area contributed by atoms with Crippen molar-refractivity contribution in [3.05, 3.63) is 36.0 Å². The molecular formula is C21H27N3O5. The molecule has 2 atom stereocenters. The lowest BCUT2D eigenvalue weighted by atomic mass is 10.0. The van der Waals surface area contributed by atoms with Gasteiger partial charge in [0.2, 0.25) is 5.91 Å². The molecule has 1 aromatic heterocycles. The van der Waals surface area contributed by atoms with E-state index in [1.54, 1.807) is 27.0 Å². The first kappa shape index (κ1) is 20.7. The van der Waals surface area contributed by atoms with Crippen molar-refractivity contribution in [3.8, 4) is 0 Å². The number of likely N-dealkylation sites (tertiary alicyclic amines) is 1. The van der Waals surface area contributed by atoms with E-state index in [4.69, 9.17) is 4.74 Å². The molecule has 0 aliphatic carbocycles. The minimum Gasteiger partial charge on any atom is -0.480 e. The number of aromatic nitrogens is 1. The highest BCUT2D eigenvalue weighted by atomic mass is 16.6. The topological polar surface area (TPSA) is 112 Å². The van der Waals surface area contributed by atoms with Crippen LogP contribution < -0.4 is 5.32 Å². The summed E-state index contributed by atoms with van der Waals surface area (Å²) in [5.41, 5.74) is 1.08. The van der Waals surface area contributed by atoms with Crippen LogP contribution in [-0.2, 0) is 20.7 Å². The molecule has 1 fully saturated rings. The van der Waals surface area contributed by atoms with Crippen molar-refractivity contribution in [2.75, 3.05) is 6.54 Å². The first-order valence-electron chi connectivity index (χ1n) is 9.73. The van der Waals surface area contributed by atoms with Crippen LogP contribution in [0, 0.1) is 0 Å². The van der Waals surface area contributed by atoms with Crippen LogP contribution >= 0.6 is 0 Å². The fourth-order valence-corrected chi connectivity index (χ4v) is 3.66. The largest absolute Gasteiger partial charge is 0.480 e. The Kier molecular flexibility index (Phi) is 5.81. The van der Waals surface area contributed by atoms with Gasteiger partial charge in [-0.15, -0.1) is 0 Å². The maximum absolute atomic E-state index is 13.2. The molecule has 0 radical (unpaired) electrons. The van der Waals surface area contributed by atoms with E-state index in [0.717, 1.165) is 16.5 Å². The predicted molar refractivity (Wildman–Crippen MR) is 108 cm³/mol. The average Bonchev–Trinajstić information content (AvgIpc) is 3.26. The lowest BCUT2D eigenvalue weighted by Gasteiger charge is -2.28. The van der Waals surface area contributed by atoms with E-state index in [2.05, 4.69) is 10.3 Å². The van der Waals surface area contributed by atoms with Gasteiger partial charge in [0, 0.05) is 30.1 Å². The number of carbonyl (C=O) groups is 3. The second-order valence-electron chi connectivity index (χ2n) is 8.29. The van der Waals surface area contributed by atoms with Gasteiger partial charge in [-0.25, -0.2) is 9.59 Å². The summed E-state index contributed by atoms with van der Waals surface area (Å²) >= 11 is 0. The smallest absolute Gasteiger partial charge is 0.408 e. The maximum atomic E-state index is 13.2. The molecule has 29 heavy (non-hydrogen) atoms. The van der Waals surface area contributed by atoms with Gasteiger partial charge in [0.25, 0.3) is 0 Å². The fraction of sp³-hybridized carbons (Fsp3) is 0.476. The number of fused-ring (bicyclic) bond motifs is 1. The summed E-state index contributed by atoms with van der Waals surface area (Å²) in [6.07, 6.45) is 2.36. The first-order valence-corrected chi connectivity index (χ1v) is 9.73. The Balaban J connectivity index is 1.85. The Morgan fingerprint density at radius 2 is 2.03 bits per heavy atom. The third kappa shape index (κ3) is 4.88. The number of nitrogens with one attached hydrogen (secondary N) is 2. The molecule has 0 spiro atoms. The maximum Gasteiger partial charge on any atom is 0.408 e. The molecule has 0 saturated carbocycles. The van der Waals surface area contributed by atoms with Gasteiger partial charge in [0.15, 0.2) is 0 Å². The number of amides is 2. The van der Waals surface area contributed by atoms with Crippen LogP contribution in [0.25, 0.3) is 10.9 Å². The van der Waals surface area contributed by atoms with Crippen molar-refractivity contribution < 1.29 is 24.2 Å². The van der Waals surface area contributed by atoms with E-state index >= 15 is 0 Å². The minimum absolute atomic E-state index is 0.227. The molecule has 156 valence electrons. The Labute approximate surface area is 169 Å². The summed E-state index contributed by atoms with van der Waals surface area (Å²) in [6, 6.07) is 5.88. The first-order chi connectivity index (χ1) is 13.7. The summed E-state index contributed by atoms with van der Waals surface area (Å²) in [5, 5.41) is 13.0. The number of ether oxygens (including phenoxy) is 1. The Morgan fingerprint density at radius 1 is 1.31 bits per heavy atom. The van der Waals surface area contributed by atoms with Gasteiger partial charge in [-0.05, 0) is 45.2 Å². The van der Waals surface area contributed by atoms with E-state index in [1.807, 2.05) is 24.3 Å². The molecule has 2 heterocycles. The summed E-state index contributed by atoms with van der Waals surface area (Å²) in [4.78, 5) is 41.6. The highest BCUT2D eigenvalue weighted by Crippen LogP contribution is 2.23. The Hall–Kier alpha value is -3.03. The normalized spacial score (nSPS) is 17.9. The van der Waals surface area contributed by atoms with Crippen molar-refractivity contribution >= 4 is 28.9 Å². The summed E-state index contributed by atoms with van der Waals surface area (Å²) in [7, 11) is 0. The van der Waals surface area contributed by atoms with Crippen LogP contribution in [0.15, 0.2) is 30.5 Å². The number of aliphatic carboxylic acids is 1. The average molecular weight is 401 g/mol. The number of aromatic amines is 1. The zero-order valence-electron chi connectivity index (χ0n) is 16.9. The molecule has 2 aromatic rings. The molecular weight excluding hydrogens is 374 g/mol. The van der Waals surface area contributed by atoms with E-state index in [1.165, 1.54) is 4.90 Å². The van der Waals surface area contributed by atoms with Crippen LogP contribution in [0.1, 0.15) is 39.2 Å². The van der Waals surface area contributed by atoms with Crippen LogP contribution in [0.3, 0.4) is 0 Å². The third-order valence-corrected chi connectivity index (χ3v) is 4.91. The van der Waals surface area contributed by atoms with Crippen LogP contribution in [0.5, 0.6) is 0 Å². The standard InChI is InChI=1S/C21H27N3O5/c1-21(2,3)29-20(28)23-16(18(25)24-10-6-9-17(24)19(26)27)11-13-12-22-15-8-5-4-7-14(13)15/h4-5,7-8,12,16-17,22H,6,9-11H2,1-3H3,(H,23,28)(H,26,27)/t16-,17+/m1/s1. The number of hydrogen-bond donors (Lipinski definition) is 3. The molecule has 0 unspecified atom stereocenters. The molecule has 2 amide bonds. The van der Waals surface area contributed by atoms with Gasteiger partial charge in [-0.1, -0.05) is 18.2 Å². The Morgan fingerprint density at radius 3 is 2.72 bits per heavy atom. The predicted octanol–water partition coefficient (Wildman–Crippen LogP) is 2.68. The van der Waals surface area contributed by atoms with Gasteiger partial charge in [0.1, 0.15) is 17.7 Å². The van der Waals surface area contributed by atoms with Gasteiger partial charge in [-0.2, -0.15) is 0 Å². The van der Waals surface area contributed by atoms with Crippen molar-refractivity contribution in [1.29, 1.82) is 0 Å². The van der Waals surface area contributed by atoms with E-state index < -0.39 is 35.7 Å². The highest BCUT2D eigenvalue weighted by molar-refractivity contribution is 5.91. The van der Waals surface area contributed by atoms with Crippen LogP contribution in [-0.4, -0.2) is 57.2 Å².